The van der Waals surface area contributed by atoms with Crippen LogP contribution in [-0.4, -0.2) is 24.5 Å². The minimum atomic E-state index is -4.45. The molecule has 0 aliphatic rings. The van der Waals surface area contributed by atoms with Gasteiger partial charge in [0.2, 0.25) is 6.79 Å². The molecule has 33 heavy (non-hydrogen) atoms. The number of carbonyl (C=O) groups is 1. The Hall–Kier alpha value is -3.00. The number of pyridine rings is 1. The molecule has 0 radical (unpaired) electrons. The summed E-state index contributed by atoms with van der Waals surface area (Å²) >= 11 is 6.31. The van der Waals surface area contributed by atoms with E-state index in [0.717, 1.165) is 24.1 Å². The predicted molar refractivity (Wildman–Crippen MR) is 120 cm³/mol. The molecule has 1 aromatic heterocycles. The first-order valence-electron chi connectivity index (χ1n) is 10.3. The van der Waals surface area contributed by atoms with Crippen molar-refractivity contribution in [1.29, 1.82) is 0 Å². The molecule has 0 bridgehead atoms. The van der Waals surface area contributed by atoms with Gasteiger partial charge in [-0.15, -0.1) is 0 Å². The summed E-state index contributed by atoms with van der Waals surface area (Å²) < 4.78 is 54.8. The molecule has 3 rings (SSSR count). The van der Waals surface area contributed by atoms with Gasteiger partial charge in [-0.05, 0) is 55.7 Å². The summed E-state index contributed by atoms with van der Waals surface area (Å²) in [5.74, 6) is 0.292. The van der Waals surface area contributed by atoms with E-state index in [9.17, 15) is 18.0 Å². The Kier molecular flexibility index (Phi) is 7.68. The van der Waals surface area contributed by atoms with Crippen LogP contribution in [0.5, 0.6) is 5.75 Å². The maximum atomic E-state index is 13.0. The highest BCUT2D eigenvalue weighted by Crippen LogP contribution is 2.41. The van der Waals surface area contributed by atoms with Gasteiger partial charge in [-0.25, -0.2) is 4.79 Å². The van der Waals surface area contributed by atoms with Gasteiger partial charge < -0.3 is 14.2 Å². The summed E-state index contributed by atoms with van der Waals surface area (Å²) in [5.41, 5.74) is 2.10. The number of rotatable bonds is 7. The Labute approximate surface area is 194 Å². The van der Waals surface area contributed by atoms with Gasteiger partial charge in [0.05, 0.1) is 17.7 Å². The molecule has 0 N–H and O–H groups in total. The number of fused-ring (bicyclic) bond motifs is 1. The van der Waals surface area contributed by atoms with Crippen molar-refractivity contribution in [2.45, 2.75) is 39.8 Å². The van der Waals surface area contributed by atoms with Crippen molar-refractivity contribution in [2.24, 2.45) is 0 Å². The molecule has 0 amide bonds. The summed E-state index contributed by atoms with van der Waals surface area (Å²) in [5, 5.41) is 1.00. The Bertz CT molecular complexity index is 1150. The number of halogens is 4. The lowest BCUT2D eigenvalue weighted by molar-refractivity contribution is -0.137. The molecule has 9 heteroatoms. The first-order chi connectivity index (χ1) is 15.6. The number of alkyl halides is 3. The molecule has 5 nitrogen and oxygen atoms in total. The fourth-order valence-corrected chi connectivity index (χ4v) is 3.43. The lowest BCUT2D eigenvalue weighted by Gasteiger charge is -2.18. The van der Waals surface area contributed by atoms with Gasteiger partial charge in [0.1, 0.15) is 5.75 Å². The fourth-order valence-electron chi connectivity index (χ4n) is 3.27. The molecular weight excluding hydrogens is 459 g/mol. The van der Waals surface area contributed by atoms with Crippen LogP contribution in [0.3, 0.4) is 0 Å². The van der Waals surface area contributed by atoms with Gasteiger partial charge in [0, 0.05) is 21.7 Å². The van der Waals surface area contributed by atoms with Crippen LogP contribution in [0.2, 0.25) is 5.02 Å². The van der Waals surface area contributed by atoms with Crippen molar-refractivity contribution >= 4 is 28.7 Å². The summed E-state index contributed by atoms with van der Waals surface area (Å²) in [6.45, 7) is 5.30. The number of hydrogen-bond acceptors (Lipinski definition) is 5. The van der Waals surface area contributed by atoms with Crippen molar-refractivity contribution in [1.82, 2.24) is 4.98 Å². The van der Waals surface area contributed by atoms with E-state index in [0.29, 0.717) is 44.9 Å². The highest BCUT2D eigenvalue weighted by atomic mass is 35.5. The van der Waals surface area contributed by atoms with E-state index in [1.54, 1.807) is 19.1 Å². The quantitative estimate of drug-likeness (QED) is 0.199. The van der Waals surface area contributed by atoms with Crippen LogP contribution in [0.4, 0.5) is 18.0 Å². The number of ether oxygens (including phenoxy) is 3. The normalized spacial score (nSPS) is 11.5. The average molecular weight is 482 g/mol. The third-order valence-electron chi connectivity index (χ3n) is 5.00. The minimum Gasteiger partial charge on any atom is -0.456 e. The molecule has 176 valence electrons. The van der Waals surface area contributed by atoms with Gasteiger partial charge in [-0.3, -0.25) is 4.98 Å². The van der Waals surface area contributed by atoms with E-state index in [4.69, 9.17) is 25.8 Å². The lowest BCUT2D eigenvalue weighted by atomic mass is 9.98. The number of nitrogens with zero attached hydrogens (tertiary/aromatic N) is 1. The van der Waals surface area contributed by atoms with Crippen molar-refractivity contribution < 1.29 is 32.2 Å². The van der Waals surface area contributed by atoms with E-state index >= 15 is 0 Å². The molecule has 0 saturated carbocycles. The minimum absolute atomic E-state index is 0.234. The fraction of sp³-hybridized carbons (Fsp3) is 0.333. The zero-order valence-electron chi connectivity index (χ0n) is 18.4. The molecule has 0 fully saturated rings. The van der Waals surface area contributed by atoms with Gasteiger partial charge in [-0.1, -0.05) is 37.1 Å². The summed E-state index contributed by atoms with van der Waals surface area (Å²) in [7, 11) is 0. The third kappa shape index (κ3) is 5.87. The molecule has 0 saturated heterocycles. The standard InChI is InChI=1S/C24H23ClF3NO4/c1-4-5-10-31-23(30)33-13-32-22-18-12-19(25)14(2)11-20(18)29-15(3)21(22)16-6-8-17(9-7-16)24(26,27)28/h6-9,11-12H,4-5,10,13H2,1-3H3. The van der Waals surface area contributed by atoms with Gasteiger partial charge in [0.15, 0.2) is 0 Å². The number of aromatic nitrogens is 1. The zero-order valence-corrected chi connectivity index (χ0v) is 19.1. The van der Waals surface area contributed by atoms with Crippen LogP contribution in [-0.2, 0) is 15.7 Å². The SMILES string of the molecule is CCCCOC(=O)OCOc1c(-c2ccc(C(F)(F)F)cc2)c(C)nc2cc(C)c(Cl)cc12. The van der Waals surface area contributed by atoms with Crippen LogP contribution >= 0.6 is 11.6 Å². The van der Waals surface area contributed by atoms with E-state index in [1.165, 1.54) is 12.1 Å². The second kappa shape index (κ2) is 10.3. The smallest absolute Gasteiger partial charge is 0.456 e. The molecule has 0 aliphatic heterocycles. The second-order valence-corrected chi connectivity index (χ2v) is 7.86. The highest BCUT2D eigenvalue weighted by molar-refractivity contribution is 6.32. The number of unbranched alkanes of at least 4 members (excludes halogenated alkanes) is 1. The van der Waals surface area contributed by atoms with Crippen LogP contribution in [0.25, 0.3) is 22.0 Å². The number of carbonyl (C=O) groups excluding carboxylic acids is 1. The molecule has 0 aliphatic carbocycles. The first-order valence-corrected chi connectivity index (χ1v) is 10.7. The number of aryl methyl sites for hydroxylation is 2. The van der Waals surface area contributed by atoms with E-state index < -0.39 is 24.7 Å². The number of benzene rings is 2. The maximum absolute atomic E-state index is 13.0. The van der Waals surface area contributed by atoms with E-state index in [-0.39, 0.29) is 6.61 Å². The van der Waals surface area contributed by atoms with Gasteiger partial charge in [-0.2, -0.15) is 13.2 Å². The van der Waals surface area contributed by atoms with Crippen LogP contribution < -0.4 is 4.74 Å². The summed E-state index contributed by atoms with van der Waals surface area (Å²) in [6.07, 6.45) is -3.75. The Balaban J connectivity index is 2.00. The Morgan fingerprint density at radius 2 is 1.79 bits per heavy atom. The largest absolute Gasteiger partial charge is 0.511 e. The zero-order chi connectivity index (χ0) is 24.2. The maximum Gasteiger partial charge on any atom is 0.511 e. The molecule has 0 atom stereocenters. The van der Waals surface area contributed by atoms with Crippen molar-refractivity contribution in [3.05, 3.63) is 58.2 Å². The molecule has 1 heterocycles. The van der Waals surface area contributed by atoms with Gasteiger partial charge >= 0.3 is 12.3 Å². The van der Waals surface area contributed by atoms with Crippen LogP contribution in [0, 0.1) is 13.8 Å². The predicted octanol–water partition coefficient (Wildman–Crippen LogP) is 7.48. The van der Waals surface area contributed by atoms with E-state index in [1.807, 2.05) is 13.8 Å². The first kappa shape index (κ1) is 24.6. The Morgan fingerprint density at radius 3 is 2.42 bits per heavy atom. The van der Waals surface area contributed by atoms with Crippen molar-refractivity contribution in [2.75, 3.05) is 13.4 Å². The van der Waals surface area contributed by atoms with Crippen molar-refractivity contribution in [3.63, 3.8) is 0 Å². The van der Waals surface area contributed by atoms with Crippen molar-refractivity contribution in [3.8, 4) is 16.9 Å². The number of hydrogen-bond donors (Lipinski definition) is 0. The highest BCUT2D eigenvalue weighted by Gasteiger charge is 2.30. The summed E-state index contributed by atoms with van der Waals surface area (Å²) in [6, 6.07) is 8.14. The van der Waals surface area contributed by atoms with Crippen LogP contribution in [0.1, 0.15) is 36.6 Å². The monoisotopic (exact) mass is 481 g/mol. The molecular formula is C24H23ClF3NO4. The molecule has 0 spiro atoms. The second-order valence-electron chi connectivity index (χ2n) is 7.45. The topological polar surface area (TPSA) is 57.7 Å². The van der Waals surface area contributed by atoms with Gasteiger partial charge in [0.25, 0.3) is 0 Å². The molecule has 2 aromatic carbocycles. The average Bonchev–Trinajstić information content (AvgIpc) is 2.75. The van der Waals surface area contributed by atoms with E-state index in [2.05, 4.69) is 4.98 Å². The Morgan fingerprint density at radius 1 is 1.09 bits per heavy atom. The lowest BCUT2D eigenvalue weighted by Crippen LogP contribution is -2.13. The molecule has 3 aromatic rings. The summed E-state index contributed by atoms with van der Waals surface area (Å²) in [4.78, 5) is 16.3. The van der Waals surface area contributed by atoms with Crippen LogP contribution in [0.15, 0.2) is 36.4 Å². The molecule has 0 unspecified atom stereocenters. The third-order valence-corrected chi connectivity index (χ3v) is 5.40.